The van der Waals surface area contributed by atoms with Crippen molar-refractivity contribution in [3.8, 4) is 5.75 Å². The largest absolute Gasteiger partial charge is 0.488 e. The Kier molecular flexibility index (Phi) is 4.62. The SMILES string of the molecule is Cc1cnc(CO)c(C)c1OCC1OCC(C)(C)CO1. The molecular weight excluding hydrogens is 258 g/mol. The van der Waals surface area contributed by atoms with E-state index < -0.39 is 0 Å². The van der Waals surface area contributed by atoms with Crippen molar-refractivity contribution < 1.29 is 19.3 Å². The maximum absolute atomic E-state index is 9.24. The van der Waals surface area contributed by atoms with Gasteiger partial charge in [-0.3, -0.25) is 4.98 Å². The van der Waals surface area contributed by atoms with Gasteiger partial charge in [0.2, 0.25) is 0 Å². The quantitative estimate of drug-likeness (QED) is 0.914. The van der Waals surface area contributed by atoms with Crippen molar-refractivity contribution in [2.75, 3.05) is 19.8 Å². The van der Waals surface area contributed by atoms with E-state index in [-0.39, 0.29) is 18.3 Å². The fraction of sp³-hybridized carbons (Fsp3) is 0.667. The number of pyridine rings is 1. The van der Waals surface area contributed by atoms with Gasteiger partial charge in [-0.25, -0.2) is 0 Å². The van der Waals surface area contributed by atoms with E-state index in [0.29, 0.717) is 25.5 Å². The minimum atomic E-state index is -0.340. The third-order valence-electron chi connectivity index (χ3n) is 3.38. The van der Waals surface area contributed by atoms with Crippen LogP contribution in [0.1, 0.15) is 30.7 Å². The fourth-order valence-corrected chi connectivity index (χ4v) is 2.11. The van der Waals surface area contributed by atoms with Gasteiger partial charge in [0.05, 0.1) is 25.5 Å². The van der Waals surface area contributed by atoms with Crippen LogP contribution in [0.2, 0.25) is 0 Å². The second kappa shape index (κ2) is 6.08. The van der Waals surface area contributed by atoms with Crippen molar-refractivity contribution >= 4 is 0 Å². The minimum absolute atomic E-state index is 0.0586. The van der Waals surface area contributed by atoms with Crippen LogP contribution in [0.15, 0.2) is 6.20 Å². The van der Waals surface area contributed by atoms with Crippen molar-refractivity contribution in [3.05, 3.63) is 23.0 Å². The topological polar surface area (TPSA) is 60.8 Å². The van der Waals surface area contributed by atoms with E-state index in [9.17, 15) is 5.11 Å². The Morgan fingerprint density at radius 3 is 2.60 bits per heavy atom. The van der Waals surface area contributed by atoms with Crippen LogP contribution in [-0.2, 0) is 16.1 Å². The normalized spacial score (nSPS) is 19.1. The molecule has 1 aromatic rings. The number of aryl methyl sites for hydroxylation is 1. The van der Waals surface area contributed by atoms with Crippen molar-refractivity contribution in [2.45, 2.75) is 40.6 Å². The zero-order valence-electron chi connectivity index (χ0n) is 12.6. The molecule has 2 rings (SSSR count). The van der Waals surface area contributed by atoms with Gasteiger partial charge in [0.1, 0.15) is 12.4 Å². The minimum Gasteiger partial charge on any atom is -0.488 e. The number of rotatable bonds is 4. The van der Waals surface area contributed by atoms with Crippen LogP contribution in [0.5, 0.6) is 5.75 Å². The summed E-state index contributed by atoms with van der Waals surface area (Å²) in [6, 6.07) is 0. The molecule has 0 spiro atoms. The van der Waals surface area contributed by atoms with E-state index in [4.69, 9.17) is 14.2 Å². The summed E-state index contributed by atoms with van der Waals surface area (Å²) in [5.41, 5.74) is 2.50. The molecule has 1 saturated heterocycles. The van der Waals surface area contributed by atoms with Gasteiger partial charge in [-0.05, 0) is 13.8 Å². The first kappa shape index (κ1) is 15.2. The molecule has 0 unspecified atom stereocenters. The summed E-state index contributed by atoms with van der Waals surface area (Å²) in [7, 11) is 0. The maximum atomic E-state index is 9.24. The van der Waals surface area contributed by atoms with E-state index in [1.165, 1.54) is 0 Å². The number of hydrogen-bond acceptors (Lipinski definition) is 5. The lowest BCUT2D eigenvalue weighted by Crippen LogP contribution is -2.40. The lowest BCUT2D eigenvalue weighted by Gasteiger charge is -2.34. The van der Waals surface area contributed by atoms with Gasteiger partial charge in [-0.15, -0.1) is 0 Å². The molecular formula is C15H23NO4. The monoisotopic (exact) mass is 281 g/mol. The highest BCUT2D eigenvalue weighted by Gasteiger charge is 2.28. The molecule has 5 heteroatoms. The Balaban J connectivity index is 1.98. The summed E-state index contributed by atoms with van der Waals surface area (Å²) in [5, 5.41) is 9.24. The molecule has 0 aromatic carbocycles. The van der Waals surface area contributed by atoms with Crippen molar-refractivity contribution in [2.24, 2.45) is 5.41 Å². The van der Waals surface area contributed by atoms with Gasteiger partial charge in [-0.2, -0.15) is 0 Å². The van der Waals surface area contributed by atoms with Crippen LogP contribution in [-0.4, -0.2) is 36.2 Å². The zero-order valence-corrected chi connectivity index (χ0v) is 12.6. The molecule has 20 heavy (non-hydrogen) atoms. The van der Waals surface area contributed by atoms with Crippen LogP contribution in [0.25, 0.3) is 0 Å². The molecule has 0 amide bonds. The number of hydrogen-bond donors (Lipinski definition) is 1. The molecule has 1 N–H and O–H groups in total. The summed E-state index contributed by atoms with van der Waals surface area (Å²) >= 11 is 0. The van der Waals surface area contributed by atoms with Gasteiger partial charge in [0.15, 0.2) is 6.29 Å². The second-order valence-electron chi connectivity index (χ2n) is 6.03. The summed E-state index contributed by atoms with van der Waals surface area (Å²) in [6.45, 7) is 9.62. The molecule has 0 radical (unpaired) electrons. The van der Waals surface area contributed by atoms with Gasteiger partial charge < -0.3 is 19.3 Å². The first-order valence-corrected chi connectivity index (χ1v) is 6.85. The number of nitrogens with zero attached hydrogens (tertiary/aromatic N) is 1. The van der Waals surface area contributed by atoms with Crippen LogP contribution >= 0.6 is 0 Å². The zero-order chi connectivity index (χ0) is 14.8. The first-order valence-electron chi connectivity index (χ1n) is 6.85. The van der Waals surface area contributed by atoms with Gasteiger partial charge in [0.25, 0.3) is 0 Å². The summed E-state index contributed by atoms with van der Waals surface area (Å²) in [5.74, 6) is 0.751. The molecule has 1 fully saturated rings. The van der Waals surface area contributed by atoms with Crippen LogP contribution in [0.4, 0.5) is 0 Å². The van der Waals surface area contributed by atoms with E-state index in [1.54, 1.807) is 6.20 Å². The molecule has 5 nitrogen and oxygen atoms in total. The average molecular weight is 281 g/mol. The van der Waals surface area contributed by atoms with Crippen LogP contribution < -0.4 is 4.74 Å². The highest BCUT2D eigenvalue weighted by molar-refractivity contribution is 5.40. The van der Waals surface area contributed by atoms with Crippen molar-refractivity contribution in [1.29, 1.82) is 0 Å². The first-order chi connectivity index (χ1) is 9.43. The third-order valence-corrected chi connectivity index (χ3v) is 3.38. The fourth-order valence-electron chi connectivity index (χ4n) is 2.11. The maximum Gasteiger partial charge on any atom is 0.191 e. The van der Waals surface area contributed by atoms with Crippen molar-refractivity contribution in [1.82, 2.24) is 4.98 Å². The van der Waals surface area contributed by atoms with Crippen LogP contribution in [0.3, 0.4) is 0 Å². The second-order valence-corrected chi connectivity index (χ2v) is 6.03. The standard InChI is InChI=1S/C15H23NO4/c1-10-5-16-12(6-17)11(2)14(10)18-7-13-19-8-15(3,4)9-20-13/h5,13,17H,6-9H2,1-4H3. The molecule has 112 valence electrons. The summed E-state index contributed by atoms with van der Waals surface area (Å²) in [6.07, 6.45) is 1.37. The van der Waals surface area contributed by atoms with E-state index in [2.05, 4.69) is 18.8 Å². The number of ether oxygens (including phenoxy) is 3. The summed E-state index contributed by atoms with van der Waals surface area (Å²) in [4.78, 5) is 4.18. The Bertz CT molecular complexity index is 463. The van der Waals surface area contributed by atoms with Crippen molar-refractivity contribution in [3.63, 3.8) is 0 Å². The lowest BCUT2D eigenvalue weighted by molar-refractivity contribution is -0.231. The van der Waals surface area contributed by atoms with E-state index in [0.717, 1.165) is 16.9 Å². The molecule has 1 aliphatic rings. The number of aromatic nitrogens is 1. The number of aliphatic hydroxyl groups excluding tert-OH is 1. The highest BCUT2D eigenvalue weighted by Crippen LogP contribution is 2.27. The average Bonchev–Trinajstić information content (AvgIpc) is 2.40. The van der Waals surface area contributed by atoms with Gasteiger partial charge in [0, 0.05) is 22.7 Å². The Hall–Kier alpha value is -1.17. The smallest absolute Gasteiger partial charge is 0.191 e. The highest BCUT2D eigenvalue weighted by atomic mass is 16.7. The molecule has 0 aliphatic carbocycles. The molecule has 2 heterocycles. The molecule has 1 aliphatic heterocycles. The molecule has 0 saturated carbocycles. The third kappa shape index (κ3) is 3.48. The van der Waals surface area contributed by atoms with Gasteiger partial charge in [-0.1, -0.05) is 13.8 Å². The summed E-state index contributed by atoms with van der Waals surface area (Å²) < 4.78 is 17.1. The predicted molar refractivity (Wildman–Crippen MR) is 74.6 cm³/mol. The van der Waals surface area contributed by atoms with Gasteiger partial charge >= 0.3 is 0 Å². The van der Waals surface area contributed by atoms with E-state index >= 15 is 0 Å². The Labute approximate surface area is 119 Å². The molecule has 0 bridgehead atoms. The predicted octanol–water partition coefficient (Wildman–Crippen LogP) is 1.97. The number of aliphatic hydroxyl groups is 1. The Morgan fingerprint density at radius 1 is 1.35 bits per heavy atom. The molecule has 0 atom stereocenters. The van der Waals surface area contributed by atoms with E-state index in [1.807, 2.05) is 13.8 Å². The lowest BCUT2D eigenvalue weighted by atomic mass is 9.96. The van der Waals surface area contributed by atoms with Crippen LogP contribution in [0, 0.1) is 19.3 Å². The Morgan fingerprint density at radius 2 is 2.00 bits per heavy atom. The molecule has 1 aromatic heterocycles.